The van der Waals surface area contributed by atoms with Gasteiger partial charge in [-0.15, -0.1) is 0 Å². The number of anilines is 1. The third kappa shape index (κ3) is 3.41. The second kappa shape index (κ2) is 7.83. The van der Waals surface area contributed by atoms with Crippen LogP contribution >= 0.6 is 0 Å². The molecule has 2 fully saturated rings. The van der Waals surface area contributed by atoms with Gasteiger partial charge in [-0.2, -0.15) is 5.26 Å². The van der Waals surface area contributed by atoms with E-state index in [9.17, 15) is 10.1 Å². The van der Waals surface area contributed by atoms with E-state index in [1.807, 2.05) is 31.2 Å². The summed E-state index contributed by atoms with van der Waals surface area (Å²) in [7, 11) is 1.62. The number of likely N-dealkylation sites (N-methyl/N-ethyl adjacent to an activating group) is 1. The van der Waals surface area contributed by atoms with Crippen molar-refractivity contribution in [2.75, 3.05) is 25.0 Å². The molecule has 1 amide bonds. The fourth-order valence-electron chi connectivity index (χ4n) is 4.61. The number of nitriles is 1. The molecule has 6 nitrogen and oxygen atoms in total. The van der Waals surface area contributed by atoms with Crippen molar-refractivity contribution in [2.24, 2.45) is 0 Å². The molecule has 2 saturated heterocycles. The second-order valence-electron chi connectivity index (χ2n) is 8.34. The normalized spacial score (nSPS) is 24.4. The number of benzene rings is 2. The molecule has 2 aromatic rings. The van der Waals surface area contributed by atoms with Crippen LogP contribution in [-0.4, -0.2) is 36.9 Å². The number of carbonyl (C=O) groups excluding carboxylic acids is 1. The number of nitrogens with zero attached hydrogens (tertiary/aromatic N) is 3. The van der Waals surface area contributed by atoms with Gasteiger partial charge in [-0.25, -0.2) is 0 Å². The van der Waals surface area contributed by atoms with Crippen molar-refractivity contribution in [1.29, 1.82) is 10.7 Å². The van der Waals surface area contributed by atoms with Crippen molar-refractivity contribution >= 4 is 17.6 Å². The molecule has 0 bridgehead atoms. The summed E-state index contributed by atoms with van der Waals surface area (Å²) in [4.78, 5) is 17.1. The van der Waals surface area contributed by atoms with Crippen LogP contribution in [0.1, 0.15) is 48.8 Å². The maximum atomic E-state index is 13.3. The van der Waals surface area contributed by atoms with E-state index in [-0.39, 0.29) is 11.9 Å². The Morgan fingerprint density at radius 3 is 2.50 bits per heavy atom. The van der Waals surface area contributed by atoms with Crippen LogP contribution in [0.4, 0.5) is 5.69 Å². The SMILES string of the molecule is CN1C(=N)N[C@](C)(c2cccc(C#N)c2)[C@H](c2ccc(N3CCCCC3)cc2)C1=O. The van der Waals surface area contributed by atoms with E-state index < -0.39 is 11.5 Å². The van der Waals surface area contributed by atoms with Gasteiger partial charge >= 0.3 is 0 Å². The summed E-state index contributed by atoms with van der Waals surface area (Å²) in [6.45, 7) is 4.08. The van der Waals surface area contributed by atoms with Crippen LogP contribution in [0.5, 0.6) is 0 Å². The van der Waals surface area contributed by atoms with Crippen molar-refractivity contribution in [3.05, 3.63) is 65.2 Å². The third-order valence-corrected chi connectivity index (χ3v) is 6.41. The fourth-order valence-corrected chi connectivity index (χ4v) is 4.61. The van der Waals surface area contributed by atoms with Crippen molar-refractivity contribution in [1.82, 2.24) is 10.2 Å². The highest BCUT2D eigenvalue weighted by molar-refractivity contribution is 6.02. The minimum Gasteiger partial charge on any atom is -0.372 e. The Balaban J connectivity index is 1.74. The fraction of sp³-hybridized carbons (Fsp3) is 0.375. The molecule has 30 heavy (non-hydrogen) atoms. The first-order valence-corrected chi connectivity index (χ1v) is 10.4. The van der Waals surface area contributed by atoms with E-state index in [2.05, 4.69) is 28.4 Å². The van der Waals surface area contributed by atoms with Gasteiger partial charge in [-0.3, -0.25) is 15.1 Å². The monoisotopic (exact) mass is 401 g/mol. The van der Waals surface area contributed by atoms with E-state index in [1.54, 1.807) is 19.2 Å². The number of amides is 1. The van der Waals surface area contributed by atoms with Gasteiger partial charge in [0.1, 0.15) is 0 Å². The van der Waals surface area contributed by atoms with Crippen LogP contribution in [0, 0.1) is 16.7 Å². The van der Waals surface area contributed by atoms with E-state index in [1.165, 1.54) is 29.8 Å². The molecule has 2 N–H and O–H groups in total. The standard InChI is InChI=1S/C24H27N5O/c1-24(19-8-6-7-17(15-19)16-25)21(22(30)28(2)23(26)27-24)18-9-11-20(12-10-18)29-13-4-3-5-14-29/h6-12,15,21H,3-5,13-14H2,1-2H3,(H2,26,27)/t21-,24-/m1/s1. The van der Waals surface area contributed by atoms with Crippen molar-refractivity contribution < 1.29 is 4.79 Å². The number of hydrogen-bond acceptors (Lipinski definition) is 4. The summed E-state index contributed by atoms with van der Waals surface area (Å²) in [6, 6.07) is 17.7. The maximum absolute atomic E-state index is 13.3. The molecular weight excluding hydrogens is 374 g/mol. The highest BCUT2D eigenvalue weighted by Gasteiger charge is 2.48. The van der Waals surface area contributed by atoms with Gasteiger partial charge in [0.15, 0.2) is 5.96 Å². The van der Waals surface area contributed by atoms with Crippen molar-refractivity contribution in [2.45, 2.75) is 37.6 Å². The molecule has 0 aliphatic carbocycles. The predicted molar refractivity (Wildman–Crippen MR) is 117 cm³/mol. The summed E-state index contributed by atoms with van der Waals surface area (Å²) in [5, 5.41) is 20.8. The van der Waals surface area contributed by atoms with Crippen LogP contribution in [0.2, 0.25) is 0 Å². The minimum atomic E-state index is -0.833. The Morgan fingerprint density at radius 2 is 1.83 bits per heavy atom. The summed E-state index contributed by atoms with van der Waals surface area (Å²) in [6.07, 6.45) is 3.72. The first kappa shape index (κ1) is 20.0. The number of piperidine rings is 1. The first-order chi connectivity index (χ1) is 14.4. The number of carbonyl (C=O) groups is 1. The zero-order valence-corrected chi connectivity index (χ0v) is 17.5. The zero-order chi connectivity index (χ0) is 21.3. The number of nitrogens with one attached hydrogen (secondary N) is 2. The van der Waals surface area contributed by atoms with Gasteiger partial charge in [-0.05, 0) is 61.6 Å². The molecule has 154 valence electrons. The lowest BCUT2D eigenvalue weighted by Crippen LogP contribution is -2.62. The Bertz CT molecular complexity index is 1000. The lowest BCUT2D eigenvalue weighted by molar-refractivity contribution is -0.131. The predicted octanol–water partition coefficient (Wildman–Crippen LogP) is 3.54. The number of hydrogen-bond donors (Lipinski definition) is 2. The van der Waals surface area contributed by atoms with Crippen molar-refractivity contribution in [3.8, 4) is 6.07 Å². The van der Waals surface area contributed by atoms with Gasteiger partial charge in [0.05, 0.1) is 23.1 Å². The summed E-state index contributed by atoms with van der Waals surface area (Å²) in [5.41, 5.74) is 2.60. The maximum Gasteiger partial charge on any atom is 0.239 e. The summed E-state index contributed by atoms with van der Waals surface area (Å²) >= 11 is 0. The average Bonchev–Trinajstić information content (AvgIpc) is 2.79. The molecule has 0 unspecified atom stereocenters. The molecule has 2 aliphatic rings. The van der Waals surface area contributed by atoms with Gasteiger partial charge in [-0.1, -0.05) is 24.3 Å². The van der Waals surface area contributed by atoms with Gasteiger partial charge in [0, 0.05) is 25.8 Å². The molecule has 6 heteroatoms. The minimum absolute atomic E-state index is 0.0612. The molecule has 2 aromatic carbocycles. The van der Waals surface area contributed by atoms with E-state index >= 15 is 0 Å². The molecule has 2 atom stereocenters. The Hall–Kier alpha value is -3.33. The topological polar surface area (TPSA) is 83.2 Å². The van der Waals surface area contributed by atoms with E-state index in [0.29, 0.717) is 5.56 Å². The van der Waals surface area contributed by atoms with Gasteiger partial charge in [0.25, 0.3) is 0 Å². The molecular formula is C24H27N5O. The van der Waals surface area contributed by atoms with Gasteiger partial charge < -0.3 is 10.2 Å². The highest BCUT2D eigenvalue weighted by atomic mass is 16.2. The number of rotatable bonds is 3. The van der Waals surface area contributed by atoms with Crippen LogP contribution < -0.4 is 10.2 Å². The van der Waals surface area contributed by atoms with E-state index in [0.717, 1.165) is 24.2 Å². The largest absolute Gasteiger partial charge is 0.372 e. The van der Waals surface area contributed by atoms with Crippen LogP contribution in [0.25, 0.3) is 0 Å². The number of guanidine groups is 1. The first-order valence-electron chi connectivity index (χ1n) is 10.4. The lowest BCUT2D eigenvalue weighted by Gasteiger charge is -2.46. The summed E-state index contributed by atoms with van der Waals surface area (Å²) in [5.74, 6) is -0.582. The Labute approximate surface area is 177 Å². The molecule has 0 radical (unpaired) electrons. The van der Waals surface area contributed by atoms with Crippen LogP contribution in [-0.2, 0) is 10.3 Å². The van der Waals surface area contributed by atoms with Gasteiger partial charge in [0.2, 0.25) is 5.91 Å². The molecule has 0 saturated carbocycles. The highest BCUT2D eigenvalue weighted by Crippen LogP contribution is 2.41. The van der Waals surface area contributed by atoms with Crippen LogP contribution in [0.3, 0.4) is 0 Å². The average molecular weight is 402 g/mol. The quantitative estimate of drug-likeness (QED) is 0.824. The van der Waals surface area contributed by atoms with E-state index in [4.69, 9.17) is 5.41 Å². The Kier molecular flexibility index (Phi) is 5.21. The molecule has 4 rings (SSSR count). The summed E-state index contributed by atoms with van der Waals surface area (Å²) < 4.78 is 0. The molecule has 0 spiro atoms. The lowest BCUT2D eigenvalue weighted by atomic mass is 9.73. The zero-order valence-electron chi connectivity index (χ0n) is 17.5. The molecule has 2 heterocycles. The Morgan fingerprint density at radius 1 is 1.13 bits per heavy atom. The second-order valence-corrected chi connectivity index (χ2v) is 8.34. The van der Waals surface area contributed by atoms with Crippen molar-refractivity contribution in [3.63, 3.8) is 0 Å². The molecule has 0 aromatic heterocycles. The third-order valence-electron chi connectivity index (χ3n) is 6.41. The van der Waals surface area contributed by atoms with Crippen LogP contribution in [0.15, 0.2) is 48.5 Å². The smallest absolute Gasteiger partial charge is 0.239 e. The molecule has 2 aliphatic heterocycles.